The third-order valence-corrected chi connectivity index (χ3v) is 2.31. The van der Waals surface area contributed by atoms with Gasteiger partial charge in [-0.1, -0.05) is 17.7 Å². The molecule has 17 heavy (non-hydrogen) atoms. The van der Waals surface area contributed by atoms with Crippen molar-refractivity contribution in [1.29, 1.82) is 0 Å². The average molecular weight is 230 g/mol. The number of nitrogens with two attached hydrogens (primary N) is 1. The van der Waals surface area contributed by atoms with E-state index in [0.29, 0.717) is 23.2 Å². The molecule has 0 saturated carbocycles. The Morgan fingerprint density at radius 1 is 1.06 bits per heavy atom. The maximum atomic E-state index is 5.78. The highest BCUT2D eigenvalue weighted by Gasteiger charge is 2.05. The van der Waals surface area contributed by atoms with Crippen molar-refractivity contribution >= 4 is 5.69 Å². The summed E-state index contributed by atoms with van der Waals surface area (Å²) < 4.78 is 10.6. The van der Waals surface area contributed by atoms with E-state index in [1.165, 1.54) is 5.56 Å². The molecule has 0 aliphatic carbocycles. The van der Waals surface area contributed by atoms with Gasteiger partial charge in [0.15, 0.2) is 0 Å². The number of hydrogen-bond donors (Lipinski definition) is 1. The Morgan fingerprint density at radius 2 is 1.76 bits per heavy atom. The number of nitrogen functional groups attached to an aromatic ring is 1. The first-order valence-corrected chi connectivity index (χ1v) is 5.24. The van der Waals surface area contributed by atoms with Crippen LogP contribution in [0.25, 0.3) is 0 Å². The Labute approximate surface area is 100 Å². The fourth-order valence-electron chi connectivity index (χ4n) is 1.35. The van der Waals surface area contributed by atoms with E-state index in [1.807, 2.05) is 31.2 Å². The van der Waals surface area contributed by atoms with Gasteiger partial charge in [0.05, 0.1) is 12.8 Å². The molecule has 1 aromatic carbocycles. The van der Waals surface area contributed by atoms with E-state index in [-0.39, 0.29) is 0 Å². The molecular formula is C13H14N2O2. The average Bonchev–Trinajstić information content (AvgIpc) is 2.35. The summed E-state index contributed by atoms with van der Waals surface area (Å²) in [5.41, 5.74) is 7.43. The number of ether oxygens (including phenoxy) is 2. The molecule has 1 heterocycles. The second-order valence-corrected chi connectivity index (χ2v) is 3.66. The first kappa shape index (κ1) is 11.3. The molecule has 0 aliphatic heterocycles. The van der Waals surface area contributed by atoms with Gasteiger partial charge in [0, 0.05) is 6.07 Å². The van der Waals surface area contributed by atoms with Gasteiger partial charge < -0.3 is 15.2 Å². The predicted octanol–water partition coefficient (Wildman–Crippen LogP) is 2.77. The Balaban J connectivity index is 2.25. The Kier molecular flexibility index (Phi) is 3.14. The molecule has 0 spiro atoms. The quantitative estimate of drug-likeness (QED) is 0.880. The molecule has 0 aliphatic rings. The van der Waals surface area contributed by atoms with Crippen molar-refractivity contribution in [3.05, 3.63) is 42.0 Å². The standard InChI is InChI=1S/C13H14N2O2/c1-9-3-5-10(6-4-9)17-13-11(14)7-8-12(15-13)16-2/h3-8H,14H2,1-2H3. The summed E-state index contributed by atoms with van der Waals surface area (Å²) in [7, 11) is 1.55. The maximum Gasteiger partial charge on any atom is 0.246 e. The van der Waals surface area contributed by atoms with Crippen molar-refractivity contribution in [2.75, 3.05) is 12.8 Å². The first-order valence-electron chi connectivity index (χ1n) is 5.24. The van der Waals surface area contributed by atoms with Crippen molar-refractivity contribution in [3.8, 4) is 17.5 Å². The van der Waals surface area contributed by atoms with Crippen LogP contribution in [0.4, 0.5) is 5.69 Å². The molecule has 1 aromatic heterocycles. The van der Waals surface area contributed by atoms with Crippen molar-refractivity contribution in [1.82, 2.24) is 4.98 Å². The van der Waals surface area contributed by atoms with Gasteiger partial charge in [-0.05, 0) is 25.1 Å². The summed E-state index contributed by atoms with van der Waals surface area (Å²) in [6.45, 7) is 2.02. The van der Waals surface area contributed by atoms with Crippen molar-refractivity contribution in [3.63, 3.8) is 0 Å². The lowest BCUT2D eigenvalue weighted by molar-refractivity contribution is 0.384. The van der Waals surface area contributed by atoms with Crippen LogP contribution in [0.1, 0.15) is 5.56 Å². The summed E-state index contributed by atoms with van der Waals surface area (Å²) in [6, 6.07) is 11.1. The minimum atomic E-state index is 0.355. The Hall–Kier alpha value is -2.23. The van der Waals surface area contributed by atoms with Gasteiger partial charge >= 0.3 is 0 Å². The maximum absolute atomic E-state index is 5.78. The van der Waals surface area contributed by atoms with Crippen molar-refractivity contribution in [2.45, 2.75) is 6.92 Å². The van der Waals surface area contributed by atoms with Crippen LogP contribution in [0.3, 0.4) is 0 Å². The number of aryl methyl sites for hydroxylation is 1. The van der Waals surface area contributed by atoms with Crippen LogP contribution in [-0.2, 0) is 0 Å². The highest BCUT2D eigenvalue weighted by molar-refractivity contribution is 5.51. The molecule has 4 nitrogen and oxygen atoms in total. The third-order valence-electron chi connectivity index (χ3n) is 2.31. The minimum absolute atomic E-state index is 0.355. The van der Waals surface area contributed by atoms with Gasteiger partial charge in [-0.15, -0.1) is 0 Å². The van der Waals surface area contributed by atoms with E-state index in [2.05, 4.69) is 4.98 Å². The van der Waals surface area contributed by atoms with E-state index in [1.54, 1.807) is 19.2 Å². The number of hydrogen-bond acceptors (Lipinski definition) is 4. The Morgan fingerprint density at radius 3 is 2.41 bits per heavy atom. The lowest BCUT2D eigenvalue weighted by Crippen LogP contribution is -1.97. The van der Waals surface area contributed by atoms with Gasteiger partial charge in [-0.25, -0.2) is 0 Å². The fourth-order valence-corrected chi connectivity index (χ4v) is 1.35. The number of benzene rings is 1. The Bertz CT molecular complexity index is 509. The summed E-state index contributed by atoms with van der Waals surface area (Å²) in [4.78, 5) is 4.14. The van der Waals surface area contributed by atoms with E-state index in [4.69, 9.17) is 15.2 Å². The monoisotopic (exact) mass is 230 g/mol. The van der Waals surface area contributed by atoms with Gasteiger partial charge in [-0.3, -0.25) is 0 Å². The number of aromatic nitrogens is 1. The zero-order chi connectivity index (χ0) is 12.3. The van der Waals surface area contributed by atoms with Crippen LogP contribution in [0, 0.1) is 6.92 Å². The smallest absolute Gasteiger partial charge is 0.246 e. The minimum Gasteiger partial charge on any atom is -0.481 e. The largest absolute Gasteiger partial charge is 0.481 e. The molecule has 0 amide bonds. The second-order valence-electron chi connectivity index (χ2n) is 3.66. The molecule has 0 bridgehead atoms. The molecule has 0 saturated heterocycles. The normalized spacial score (nSPS) is 10.0. The molecule has 0 fully saturated rings. The number of rotatable bonds is 3. The summed E-state index contributed by atoms with van der Waals surface area (Å²) >= 11 is 0. The molecule has 4 heteroatoms. The van der Waals surface area contributed by atoms with E-state index in [0.717, 1.165) is 0 Å². The van der Waals surface area contributed by atoms with E-state index in [9.17, 15) is 0 Å². The molecule has 88 valence electrons. The molecular weight excluding hydrogens is 216 g/mol. The SMILES string of the molecule is COc1ccc(N)c(Oc2ccc(C)cc2)n1. The molecule has 2 aromatic rings. The van der Waals surface area contributed by atoms with Gasteiger partial charge in [0.25, 0.3) is 0 Å². The van der Waals surface area contributed by atoms with E-state index >= 15 is 0 Å². The lowest BCUT2D eigenvalue weighted by atomic mass is 10.2. The molecule has 2 N–H and O–H groups in total. The van der Waals surface area contributed by atoms with Crippen molar-refractivity contribution < 1.29 is 9.47 Å². The summed E-state index contributed by atoms with van der Waals surface area (Å²) in [5, 5.41) is 0. The van der Waals surface area contributed by atoms with Crippen LogP contribution >= 0.6 is 0 Å². The van der Waals surface area contributed by atoms with Crippen LogP contribution in [0.2, 0.25) is 0 Å². The highest BCUT2D eigenvalue weighted by Crippen LogP contribution is 2.27. The van der Waals surface area contributed by atoms with Gasteiger partial charge in [0.2, 0.25) is 11.8 Å². The topological polar surface area (TPSA) is 57.4 Å². The highest BCUT2D eigenvalue weighted by atomic mass is 16.5. The molecule has 2 rings (SSSR count). The lowest BCUT2D eigenvalue weighted by Gasteiger charge is -2.08. The van der Waals surface area contributed by atoms with Crippen LogP contribution in [0.5, 0.6) is 17.5 Å². The second kappa shape index (κ2) is 4.74. The van der Waals surface area contributed by atoms with Gasteiger partial charge in [-0.2, -0.15) is 4.98 Å². The van der Waals surface area contributed by atoms with Crippen LogP contribution < -0.4 is 15.2 Å². The predicted molar refractivity (Wildman–Crippen MR) is 66.5 cm³/mol. The van der Waals surface area contributed by atoms with Crippen molar-refractivity contribution in [2.24, 2.45) is 0 Å². The zero-order valence-electron chi connectivity index (χ0n) is 9.81. The number of pyridine rings is 1. The third kappa shape index (κ3) is 2.66. The zero-order valence-corrected chi connectivity index (χ0v) is 9.81. The molecule has 0 unspecified atom stereocenters. The fraction of sp³-hybridized carbons (Fsp3) is 0.154. The van der Waals surface area contributed by atoms with Gasteiger partial charge in [0.1, 0.15) is 5.75 Å². The van der Waals surface area contributed by atoms with E-state index < -0.39 is 0 Å². The molecule has 0 radical (unpaired) electrons. The summed E-state index contributed by atoms with van der Waals surface area (Å²) in [6.07, 6.45) is 0. The molecule has 0 atom stereocenters. The summed E-state index contributed by atoms with van der Waals surface area (Å²) in [5.74, 6) is 1.53. The number of nitrogens with zero attached hydrogens (tertiary/aromatic N) is 1. The van der Waals surface area contributed by atoms with Crippen LogP contribution in [-0.4, -0.2) is 12.1 Å². The number of anilines is 1. The van der Waals surface area contributed by atoms with Crippen LogP contribution in [0.15, 0.2) is 36.4 Å². The first-order chi connectivity index (χ1) is 8.19. The number of methoxy groups -OCH3 is 1.